The standard InChI is InChI=1S/C18H24N4O2/c1-3-16-14(2)19-18-21(15-8-5-4-6-9-15)12-20(10-7-11-23)13-22(18)17(16)24/h4-6,8-9,23H,3,7,10-13H2,1-2H3. The van der Waals surface area contributed by atoms with Crippen LogP contribution in [0.4, 0.5) is 11.6 Å². The van der Waals surface area contributed by atoms with Crippen LogP contribution in [-0.4, -0.2) is 39.4 Å². The number of fused-ring (bicyclic) bond motifs is 1. The van der Waals surface area contributed by atoms with E-state index >= 15 is 0 Å². The number of aliphatic hydroxyl groups is 1. The van der Waals surface area contributed by atoms with Crippen molar-refractivity contribution in [2.45, 2.75) is 33.4 Å². The maximum atomic E-state index is 12.9. The summed E-state index contributed by atoms with van der Waals surface area (Å²) in [6.07, 6.45) is 1.37. The van der Waals surface area contributed by atoms with Crippen LogP contribution >= 0.6 is 0 Å². The molecule has 1 aliphatic heterocycles. The minimum Gasteiger partial charge on any atom is -0.396 e. The van der Waals surface area contributed by atoms with Gasteiger partial charge in [-0.05, 0) is 31.9 Å². The molecule has 0 amide bonds. The molecule has 2 aromatic rings. The lowest BCUT2D eigenvalue weighted by Gasteiger charge is -2.38. The largest absolute Gasteiger partial charge is 0.396 e. The van der Waals surface area contributed by atoms with Gasteiger partial charge in [-0.1, -0.05) is 25.1 Å². The van der Waals surface area contributed by atoms with E-state index in [1.165, 1.54) is 0 Å². The molecule has 3 rings (SSSR count). The number of aliphatic hydroxyl groups excluding tert-OH is 1. The molecule has 0 aliphatic carbocycles. The lowest BCUT2D eigenvalue weighted by molar-refractivity contribution is 0.175. The van der Waals surface area contributed by atoms with Crippen molar-refractivity contribution in [3.63, 3.8) is 0 Å². The summed E-state index contributed by atoms with van der Waals surface area (Å²) in [5, 5.41) is 9.13. The van der Waals surface area contributed by atoms with Crippen LogP contribution in [0.25, 0.3) is 0 Å². The fraction of sp³-hybridized carbons (Fsp3) is 0.444. The Morgan fingerprint density at radius 2 is 1.96 bits per heavy atom. The van der Waals surface area contributed by atoms with Gasteiger partial charge in [0.15, 0.2) is 0 Å². The van der Waals surface area contributed by atoms with Crippen LogP contribution in [0.2, 0.25) is 0 Å². The number of hydrogen-bond acceptors (Lipinski definition) is 5. The Morgan fingerprint density at radius 3 is 2.62 bits per heavy atom. The highest BCUT2D eigenvalue weighted by atomic mass is 16.3. The molecule has 0 spiro atoms. The van der Waals surface area contributed by atoms with E-state index in [0.29, 0.717) is 32.1 Å². The summed E-state index contributed by atoms with van der Waals surface area (Å²) in [5.74, 6) is 0.696. The third kappa shape index (κ3) is 3.07. The van der Waals surface area contributed by atoms with Gasteiger partial charge in [-0.3, -0.25) is 19.2 Å². The molecule has 0 saturated heterocycles. The molecule has 1 N–H and O–H groups in total. The maximum Gasteiger partial charge on any atom is 0.259 e. The molecular weight excluding hydrogens is 304 g/mol. The third-order valence-corrected chi connectivity index (χ3v) is 4.43. The van der Waals surface area contributed by atoms with E-state index in [1.54, 1.807) is 4.57 Å². The molecule has 6 heteroatoms. The Morgan fingerprint density at radius 1 is 1.21 bits per heavy atom. The predicted octanol–water partition coefficient (Wildman–Crippen LogP) is 1.87. The topological polar surface area (TPSA) is 61.6 Å². The lowest BCUT2D eigenvalue weighted by atomic mass is 10.2. The monoisotopic (exact) mass is 328 g/mol. The first-order valence-electron chi connectivity index (χ1n) is 8.41. The summed E-state index contributed by atoms with van der Waals surface area (Å²) in [5.41, 5.74) is 2.62. The van der Waals surface area contributed by atoms with Gasteiger partial charge in [-0.25, -0.2) is 4.98 Å². The molecule has 0 unspecified atom stereocenters. The van der Waals surface area contributed by atoms with Crippen LogP contribution < -0.4 is 10.5 Å². The van der Waals surface area contributed by atoms with E-state index in [2.05, 4.69) is 9.80 Å². The predicted molar refractivity (Wildman–Crippen MR) is 94.5 cm³/mol. The van der Waals surface area contributed by atoms with Crippen molar-refractivity contribution in [1.82, 2.24) is 14.5 Å². The number of benzene rings is 1. The fourth-order valence-corrected chi connectivity index (χ4v) is 3.18. The second-order valence-electron chi connectivity index (χ2n) is 6.08. The highest BCUT2D eigenvalue weighted by molar-refractivity contribution is 5.58. The van der Waals surface area contributed by atoms with Crippen LogP contribution in [0, 0.1) is 6.92 Å². The van der Waals surface area contributed by atoms with E-state index < -0.39 is 0 Å². The average molecular weight is 328 g/mol. The van der Waals surface area contributed by atoms with E-state index in [-0.39, 0.29) is 12.2 Å². The van der Waals surface area contributed by atoms with Crippen molar-refractivity contribution in [2.75, 3.05) is 24.7 Å². The van der Waals surface area contributed by atoms with Crippen LogP contribution in [0.15, 0.2) is 35.1 Å². The number of hydrogen-bond donors (Lipinski definition) is 1. The number of nitrogens with zero attached hydrogens (tertiary/aromatic N) is 4. The summed E-state index contributed by atoms with van der Waals surface area (Å²) < 4.78 is 1.75. The number of para-hydroxylation sites is 1. The fourth-order valence-electron chi connectivity index (χ4n) is 3.18. The van der Waals surface area contributed by atoms with Gasteiger partial charge in [0.25, 0.3) is 5.56 Å². The van der Waals surface area contributed by atoms with Crippen LogP contribution in [0.1, 0.15) is 24.6 Å². The minimum atomic E-state index is 0.0367. The van der Waals surface area contributed by atoms with Crippen molar-refractivity contribution >= 4 is 11.6 Å². The lowest BCUT2D eigenvalue weighted by Crippen LogP contribution is -2.48. The van der Waals surface area contributed by atoms with E-state index in [9.17, 15) is 4.79 Å². The zero-order valence-electron chi connectivity index (χ0n) is 14.3. The summed E-state index contributed by atoms with van der Waals surface area (Å²) >= 11 is 0. The molecule has 1 aliphatic rings. The van der Waals surface area contributed by atoms with Crippen LogP contribution in [0.3, 0.4) is 0 Å². The number of rotatable bonds is 5. The molecular formula is C18H24N4O2. The molecule has 0 saturated carbocycles. The Kier molecular flexibility index (Phi) is 4.97. The van der Waals surface area contributed by atoms with Crippen LogP contribution in [0.5, 0.6) is 0 Å². The summed E-state index contributed by atoms with van der Waals surface area (Å²) in [4.78, 5) is 21.8. The van der Waals surface area contributed by atoms with Crippen molar-refractivity contribution in [1.29, 1.82) is 0 Å². The summed E-state index contributed by atoms with van der Waals surface area (Å²) in [6, 6.07) is 9.99. The van der Waals surface area contributed by atoms with Crippen molar-refractivity contribution < 1.29 is 5.11 Å². The zero-order valence-corrected chi connectivity index (χ0v) is 14.3. The van der Waals surface area contributed by atoms with Gasteiger partial charge >= 0.3 is 0 Å². The summed E-state index contributed by atoms with van der Waals surface area (Å²) in [7, 11) is 0. The Balaban J connectivity index is 2.09. The van der Waals surface area contributed by atoms with Gasteiger partial charge in [-0.2, -0.15) is 0 Å². The summed E-state index contributed by atoms with van der Waals surface area (Å²) in [6.45, 7) is 5.94. The molecule has 1 aromatic heterocycles. The Labute approximate surface area is 142 Å². The molecule has 128 valence electrons. The average Bonchev–Trinajstić information content (AvgIpc) is 2.61. The van der Waals surface area contributed by atoms with E-state index in [0.717, 1.165) is 23.5 Å². The van der Waals surface area contributed by atoms with E-state index in [4.69, 9.17) is 10.1 Å². The SMILES string of the molecule is CCc1c(C)nc2n(c1=O)CN(CCCO)CN2c1ccccc1. The molecule has 2 heterocycles. The minimum absolute atomic E-state index is 0.0367. The normalized spacial score (nSPS) is 14.7. The molecule has 0 radical (unpaired) electrons. The quantitative estimate of drug-likeness (QED) is 0.908. The molecule has 6 nitrogen and oxygen atoms in total. The van der Waals surface area contributed by atoms with Crippen molar-refractivity contribution in [2.24, 2.45) is 0 Å². The van der Waals surface area contributed by atoms with Gasteiger partial charge < -0.3 is 5.11 Å². The van der Waals surface area contributed by atoms with Gasteiger partial charge in [0.2, 0.25) is 5.95 Å². The Hall–Kier alpha value is -2.18. The van der Waals surface area contributed by atoms with E-state index in [1.807, 2.05) is 44.2 Å². The van der Waals surface area contributed by atoms with Gasteiger partial charge in [0.1, 0.15) is 0 Å². The third-order valence-electron chi connectivity index (χ3n) is 4.43. The van der Waals surface area contributed by atoms with Crippen molar-refractivity contribution in [3.8, 4) is 0 Å². The molecule has 0 fully saturated rings. The molecule has 0 atom stereocenters. The maximum absolute atomic E-state index is 12.9. The zero-order chi connectivity index (χ0) is 17.1. The number of aryl methyl sites for hydroxylation is 1. The second kappa shape index (κ2) is 7.15. The first kappa shape index (κ1) is 16.7. The Bertz CT molecular complexity index is 758. The number of aromatic nitrogens is 2. The highest BCUT2D eigenvalue weighted by Crippen LogP contribution is 2.27. The van der Waals surface area contributed by atoms with Gasteiger partial charge in [-0.15, -0.1) is 0 Å². The second-order valence-corrected chi connectivity index (χ2v) is 6.08. The first-order valence-corrected chi connectivity index (χ1v) is 8.41. The van der Waals surface area contributed by atoms with Gasteiger partial charge in [0, 0.05) is 30.1 Å². The van der Waals surface area contributed by atoms with Gasteiger partial charge in [0.05, 0.1) is 13.3 Å². The smallest absolute Gasteiger partial charge is 0.259 e. The number of anilines is 2. The molecule has 1 aromatic carbocycles. The first-order chi connectivity index (χ1) is 11.7. The molecule has 24 heavy (non-hydrogen) atoms. The van der Waals surface area contributed by atoms with Crippen LogP contribution in [-0.2, 0) is 13.1 Å². The highest BCUT2D eigenvalue weighted by Gasteiger charge is 2.27. The van der Waals surface area contributed by atoms with Crippen molar-refractivity contribution in [3.05, 3.63) is 51.9 Å². The molecule has 0 bridgehead atoms.